The minimum atomic E-state index is -3.19. The lowest BCUT2D eigenvalue weighted by Crippen LogP contribution is -2.43. The van der Waals surface area contributed by atoms with Crippen LogP contribution in [0.2, 0.25) is 0 Å². The number of hydrogen-bond acceptors (Lipinski definition) is 4. The van der Waals surface area contributed by atoms with Crippen molar-refractivity contribution >= 4 is 10.0 Å². The van der Waals surface area contributed by atoms with Crippen molar-refractivity contribution in [3.8, 4) is 0 Å². The Kier molecular flexibility index (Phi) is 5.68. The first-order valence-corrected chi connectivity index (χ1v) is 7.53. The summed E-state index contributed by atoms with van der Waals surface area (Å²) in [6.07, 6.45) is 2.73. The van der Waals surface area contributed by atoms with E-state index in [4.69, 9.17) is 5.11 Å². The quantitative estimate of drug-likeness (QED) is 0.655. The summed E-state index contributed by atoms with van der Waals surface area (Å²) < 4.78 is 25.2. The second kappa shape index (κ2) is 6.54. The summed E-state index contributed by atoms with van der Waals surface area (Å²) in [5.74, 6) is 0.166. The second-order valence-corrected chi connectivity index (χ2v) is 6.28. The average molecular weight is 250 g/mol. The fourth-order valence-electron chi connectivity index (χ4n) is 2.00. The maximum absolute atomic E-state index is 11.9. The number of hydrogen-bond donors (Lipinski definition) is 2. The predicted molar refractivity (Wildman–Crippen MR) is 63.8 cm³/mol. The van der Waals surface area contributed by atoms with Crippen LogP contribution in [-0.4, -0.2) is 55.9 Å². The zero-order valence-corrected chi connectivity index (χ0v) is 10.7. The minimum absolute atomic E-state index is 0.115. The van der Waals surface area contributed by atoms with Gasteiger partial charge in [0.15, 0.2) is 0 Å². The maximum atomic E-state index is 11.9. The summed E-state index contributed by atoms with van der Waals surface area (Å²) >= 11 is 0. The third-order valence-electron chi connectivity index (χ3n) is 2.79. The Labute approximate surface area is 97.9 Å². The number of aliphatic hydroxyl groups excluding tert-OH is 1. The van der Waals surface area contributed by atoms with Gasteiger partial charge in [-0.1, -0.05) is 6.92 Å². The first-order valence-electron chi connectivity index (χ1n) is 5.92. The molecule has 0 aliphatic carbocycles. The molecule has 5 nitrogen and oxygen atoms in total. The SMILES string of the molecule is CCCS(=O)(=O)N(CCO)CC1CCCN1. The van der Waals surface area contributed by atoms with Crippen LogP contribution in [0.1, 0.15) is 26.2 Å². The fourth-order valence-corrected chi connectivity index (χ4v) is 3.54. The van der Waals surface area contributed by atoms with E-state index >= 15 is 0 Å². The van der Waals surface area contributed by atoms with Gasteiger partial charge in [-0.15, -0.1) is 0 Å². The van der Waals surface area contributed by atoms with Gasteiger partial charge in [0, 0.05) is 19.1 Å². The Morgan fingerprint density at radius 2 is 2.25 bits per heavy atom. The Balaban J connectivity index is 2.58. The van der Waals surface area contributed by atoms with E-state index in [2.05, 4.69) is 5.32 Å². The number of aliphatic hydroxyl groups is 1. The number of nitrogens with zero attached hydrogens (tertiary/aromatic N) is 1. The Hall–Kier alpha value is -0.170. The van der Waals surface area contributed by atoms with E-state index in [1.807, 2.05) is 6.92 Å². The number of sulfonamides is 1. The molecule has 0 aromatic carbocycles. The molecule has 0 saturated carbocycles. The van der Waals surface area contributed by atoms with Crippen LogP contribution >= 0.6 is 0 Å². The zero-order valence-electron chi connectivity index (χ0n) is 9.85. The van der Waals surface area contributed by atoms with Crippen molar-refractivity contribution in [2.75, 3.05) is 32.0 Å². The molecule has 1 saturated heterocycles. The van der Waals surface area contributed by atoms with Crippen molar-refractivity contribution in [1.29, 1.82) is 0 Å². The van der Waals surface area contributed by atoms with Crippen molar-refractivity contribution in [3.05, 3.63) is 0 Å². The summed E-state index contributed by atoms with van der Waals surface area (Å²) in [4.78, 5) is 0. The Morgan fingerprint density at radius 3 is 2.75 bits per heavy atom. The Bertz CT molecular complexity index is 286. The van der Waals surface area contributed by atoms with E-state index in [-0.39, 0.29) is 24.9 Å². The fraction of sp³-hybridized carbons (Fsp3) is 1.00. The lowest BCUT2D eigenvalue weighted by Gasteiger charge is -2.24. The van der Waals surface area contributed by atoms with Gasteiger partial charge in [0.1, 0.15) is 0 Å². The highest BCUT2D eigenvalue weighted by Crippen LogP contribution is 2.10. The molecular formula is C10H22N2O3S. The van der Waals surface area contributed by atoms with Crippen molar-refractivity contribution in [2.45, 2.75) is 32.2 Å². The number of rotatable bonds is 7. The van der Waals surface area contributed by atoms with Crippen LogP contribution < -0.4 is 5.32 Å². The molecule has 6 heteroatoms. The normalized spacial score (nSPS) is 21.8. The molecule has 1 aliphatic rings. The van der Waals surface area contributed by atoms with Crippen molar-refractivity contribution in [2.24, 2.45) is 0 Å². The molecule has 2 N–H and O–H groups in total. The van der Waals surface area contributed by atoms with E-state index in [0.29, 0.717) is 13.0 Å². The molecule has 1 heterocycles. The van der Waals surface area contributed by atoms with E-state index in [9.17, 15) is 8.42 Å². The standard InChI is InChI=1S/C10H22N2O3S/c1-2-8-16(14,15)12(6-7-13)9-10-4-3-5-11-10/h10-11,13H,2-9H2,1H3. The van der Waals surface area contributed by atoms with E-state index in [0.717, 1.165) is 19.4 Å². The van der Waals surface area contributed by atoms with Crippen LogP contribution in [0.4, 0.5) is 0 Å². The van der Waals surface area contributed by atoms with Crippen LogP contribution in [0.25, 0.3) is 0 Å². The van der Waals surface area contributed by atoms with Crippen LogP contribution in [0.5, 0.6) is 0 Å². The molecular weight excluding hydrogens is 228 g/mol. The zero-order chi connectivity index (χ0) is 12.0. The van der Waals surface area contributed by atoms with Crippen molar-refractivity contribution in [1.82, 2.24) is 9.62 Å². The minimum Gasteiger partial charge on any atom is -0.395 e. The molecule has 1 rings (SSSR count). The van der Waals surface area contributed by atoms with Crippen LogP contribution in [0.15, 0.2) is 0 Å². The molecule has 0 aromatic heterocycles. The highest BCUT2D eigenvalue weighted by molar-refractivity contribution is 7.89. The van der Waals surface area contributed by atoms with Gasteiger partial charge in [-0.3, -0.25) is 0 Å². The van der Waals surface area contributed by atoms with Gasteiger partial charge < -0.3 is 10.4 Å². The van der Waals surface area contributed by atoms with Gasteiger partial charge >= 0.3 is 0 Å². The lowest BCUT2D eigenvalue weighted by molar-refractivity contribution is 0.246. The molecule has 1 aliphatic heterocycles. The molecule has 1 unspecified atom stereocenters. The van der Waals surface area contributed by atoms with Crippen LogP contribution in [0.3, 0.4) is 0 Å². The largest absolute Gasteiger partial charge is 0.395 e. The second-order valence-electron chi connectivity index (χ2n) is 4.19. The molecule has 0 aromatic rings. The van der Waals surface area contributed by atoms with Crippen molar-refractivity contribution < 1.29 is 13.5 Å². The lowest BCUT2D eigenvalue weighted by atomic mass is 10.2. The highest BCUT2D eigenvalue weighted by Gasteiger charge is 2.25. The molecule has 1 atom stereocenters. The number of nitrogens with one attached hydrogen (secondary N) is 1. The molecule has 96 valence electrons. The van der Waals surface area contributed by atoms with Gasteiger partial charge in [-0.05, 0) is 25.8 Å². The molecule has 0 bridgehead atoms. The van der Waals surface area contributed by atoms with E-state index in [1.54, 1.807) is 0 Å². The topological polar surface area (TPSA) is 69.6 Å². The summed E-state index contributed by atoms with van der Waals surface area (Å²) in [6.45, 7) is 3.40. The third kappa shape index (κ3) is 4.01. The van der Waals surface area contributed by atoms with Gasteiger partial charge in [0.25, 0.3) is 0 Å². The van der Waals surface area contributed by atoms with Crippen LogP contribution in [-0.2, 0) is 10.0 Å². The van der Waals surface area contributed by atoms with Crippen LogP contribution in [0, 0.1) is 0 Å². The van der Waals surface area contributed by atoms with Gasteiger partial charge in [0.2, 0.25) is 10.0 Å². The molecule has 1 fully saturated rings. The molecule has 16 heavy (non-hydrogen) atoms. The van der Waals surface area contributed by atoms with Gasteiger partial charge in [0.05, 0.1) is 12.4 Å². The predicted octanol–water partition coefficient (Wildman–Crippen LogP) is -0.227. The first kappa shape index (κ1) is 13.9. The van der Waals surface area contributed by atoms with Gasteiger partial charge in [-0.2, -0.15) is 4.31 Å². The summed E-state index contributed by atoms with van der Waals surface area (Å²) in [6, 6.07) is 0.248. The monoisotopic (exact) mass is 250 g/mol. The third-order valence-corrected chi connectivity index (χ3v) is 4.83. The Morgan fingerprint density at radius 1 is 1.50 bits per heavy atom. The average Bonchev–Trinajstić information content (AvgIpc) is 2.69. The van der Waals surface area contributed by atoms with E-state index < -0.39 is 10.0 Å². The van der Waals surface area contributed by atoms with E-state index in [1.165, 1.54) is 4.31 Å². The summed E-state index contributed by atoms with van der Waals surface area (Å²) in [5.41, 5.74) is 0. The smallest absolute Gasteiger partial charge is 0.214 e. The molecule has 0 spiro atoms. The first-order chi connectivity index (χ1) is 7.60. The summed E-state index contributed by atoms with van der Waals surface area (Å²) in [5, 5.41) is 12.2. The highest BCUT2D eigenvalue weighted by atomic mass is 32.2. The van der Waals surface area contributed by atoms with Gasteiger partial charge in [-0.25, -0.2) is 8.42 Å². The summed E-state index contributed by atoms with van der Waals surface area (Å²) in [7, 11) is -3.19. The molecule has 0 radical (unpaired) electrons. The van der Waals surface area contributed by atoms with Crippen molar-refractivity contribution in [3.63, 3.8) is 0 Å². The maximum Gasteiger partial charge on any atom is 0.214 e. The molecule has 0 amide bonds.